The first-order valence-electron chi connectivity index (χ1n) is 13.3. The lowest BCUT2D eigenvalue weighted by molar-refractivity contribution is 0.0476. The Morgan fingerprint density at radius 1 is 0.860 bits per heavy atom. The first-order chi connectivity index (χ1) is 20.8. The van der Waals surface area contributed by atoms with Gasteiger partial charge in [-0.2, -0.15) is 0 Å². The molecule has 8 nitrogen and oxygen atoms in total. The molecule has 212 valence electrons. The number of amides is 2. The third-order valence-electron chi connectivity index (χ3n) is 7.33. The van der Waals surface area contributed by atoms with Crippen LogP contribution in [-0.2, 0) is 4.74 Å². The number of ether oxygens (including phenoxy) is 2. The highest BCUT2D eigenvalue weighted by molar-refractivity contribution is 6.34. The summed E-state index contributed by atoms with van der Waals surface area (Å²) in [6.07, 6.45) is 0. The predicted octanol–water partition coefficient (Wildman–Crippen LogP) is 6.71. The largest absolute Gasteiger partial charge is 0.497 e. The van der Waals surface area contributed by atoms with Crippen molar-refractivity contribution in [1.82, 2.24) is 4.98 Å². The fourth-order valence-corrected chi connectivity index (χ4v) is 5.17. The summed E-state index contributed by atoms with van der Waals surface area (Å²) in [7, 11) is 1.50. The van der Waals surface area contributed by atoms with E-state index in [9.17, 15) is 19.2 Å². The zero-order valence-corrected chi connectivity index (χ0v) is 23.8. The Morgan fingerprint density at radius 2 is 1.56 bits per heavy atom. The molecule has 2 amide bonds. The molecule has 6 rings (SSSR count). The average Bonchev–Trinajstić information content (AvgIpc) is 3.30. The highest BCUT2D eigenvalue weighted by Crippen LogP contribution is 2.33. The molecule has 1 aliphatic rings. The van der Waals surface area contributed by atoms with Crippen LogP contribution in [0.2, 0.25) is 5.02 Å². The normalized spacial score (nSPS) is 12.4. The number of methoxy groups -OCH3 is 1. The molecule has 0 saturated carbocycles. The van der Waals surface area contributed by atoms with Crippen molar-refractivity contribution in [1.29, 1.82) is 0 Å². The van der Waals surface area contributed by atoms with Crippen molar-refractivity contribution in [2.24, 2.45) is 0 Å². The summed E-state index contributed by atoms with van der Waals surface area (Å²) in [6, 6.07) is 25.0. The Kier molecular flexibility index (Phi) is 7.21. The summed E-state index contributed by atoms with van der Waals surface area (Å²) >= 11 is 6.39. The molecule has 43 heavy (non-hydrogen) atoms. The van der Waals surface area contributed by atoms with Crippen LogP contribution in [0.5, 0.6) is 5.75 Å². The number of benzene rings is 4. The molecule has 5 aromatic rings. The number of nitrogens with zero attached hydrogens (tertiary/aromatic N) is 2. The average molecular weight is 591 g/mol. The van der Waals surface area contributed by atoms with Gasteiger partial charge in [-0.25, -0.2) is 14.7 Å². The van der Waals surface area contributed by atoms with Crippen molar-refractivity contribution >= 4 is 51.8 Å². The number of carbonyl (C=O) groups excluding carboxylic acids is 4. The van der Waals surface area contributed by atoms with Crippen LogP contribution in [0.25, 0.3) is 22.2 Å². The molecular formula is C34H23ClN2O6. The molecule has 0 aliphatic carbocycles. The molecule has 1 aromatic heterocycles. The number of rotatable bonds is 7. The summed E-state index contributed by atoms with van der Waals surface area (Å²) < 4.78 is 10.6. The first kappa shape index (κ1) is 27.8. The third kappa shape index (κ3) is 5.02. The van der Waals surface area contributed by atoms with Gasteiger partial charge in [0, 0.05) is 21.5 Å². The van der Waals surface area contributed by atoms with E-state index in [-0.39, 0.29) is 11.3 Å². The number of hydrogen-bond donors (Lipinski definition) is 0. The van der Waals surface area contributed by atoms with Crippen LogP contribution in [0.3, 0.4) is 0 Å². The van der Waals surface area contributed by atoms with Gasteiger partial charge in [-0.05, 0) is 61.0 Å². The Bertz CT molecular complexity index is 1930. The SMILES string of the molecule is COc1cccc(C(=O)COC(=O)c2cc(-c3ccc(N4C(=O)c5ccccc5C4=O)cc3)nc3c(C)c(Cl)ccc23)c1. The topological polar surface area (TPSA) is 103 Å². The maximum absolute atomic E-state index is 13.4. The second-order valence-electron chi connectivity index (χ2n) is 9.89. The van der Waals surface area contributed by atoms with Crippen molar-refractivity contribution in [2.75, 3.05) is 18.6 Å². The number of esters is 1. The molecule has 0 N–H and O–H groups in total. The Balaban J connectivity index is 1.32. The van der Waals surface area contributed by atoms with Gasteiger partial charge in [0.25, 0.3) is 11.8 Å². The number of Topliss-reactive ketones (excluding diaryl/α,β-unsaturated/α-hetero) is 1. The number of hydrogen-bond acceptors (Lipinski definition) is 7. The van der Waals surface area contributed by atoms with Gasteiger partial charge in [-0.15, -0.1) is 0 Å². The van der Waals surface area contributed by atoms with Crippen molar-refractivity contribution < 1.29 is 28.7 Å². The van der Waals surface area contributed by atoms with Crippen LogP contribution in [-0.4, -0.2) is 42.3 Å². The second-order valence-corrected chi connectivity index (χ2v) is 10.3. The van der Waals surface area contributed by atoms with E-state index in [1.165, 1.54) is 7.11 Å². The minimum Gasteiger partial charge on any atom is -0.497 e. The summed E-state index contributed by atoms with van der Waals surface area (Å²) in [5.74, 6) is -1.35. The van der Waals surface area contributed by atoms with Gasteiger partial charge >= 0.3 is 5.97 Å². The minimum absolute atomic E-state index is 0.211. The number of fused-ring (bicyclic) bond motifs is 2. The van der Waals surface area contributed by atoms with Crippen LogP contribution < -0.4 is 9.64 Å². The molecule has 1 aliphatic heterocycles. The molecule has 0 bridgehead atoms. The van der Waals surface area contributed by atoms with E-state index in [1.54, 1.807) is 97.9 Å². The zero-order valence-electron chi connectivity index (χ0n) is 23.1. The van der Waals surface area contributed by atoms with Gasteiger partial charge in [0.15, 0.2) is 12.4 Å². The predicted molar refractivity (Wildman–Crippen MR) is 162 cm³/mol. The van der Waals surface area contributed by atoms with E-state index in [0.717, 1.165) is 4.90 Å². The van der Waals surface area contributed by atoms with E-state index in [2.05, 4.69) is 0 Å². The Hall–Kier alpha value is -5.34. The molecule has 0 saturated heterocycles. The van der Waals surface area contributed by atoms with E-state index in [4.69, 9.17) is 26.1 Å². The monoisotopic (exact) mass is 590 g/mol. The van der Waals surface area contributed by atoms with Crippen LogP contribution in [0.4, 0.5) is 5.69 Å². The number of aryl methyl sites for hydroxylation is 1. The summed E-state index contributed by atoms with van der Waals surface area (Å²) in [4.78, 5) is 57.9. The number of ketones is 1. The smallest absolute Gasteiger partial charge is 0.339 e. The fraction of sp³-hybridized carbons (Fsp3) is 0.0882. The maximum atomic E-state index is 13.4. The number of halogens is 1. The van der Waals surface area contributed by atoms with Crippen LogP contribution in [0, 0.1) is 6.92 Å². The standard InChI is InChI=1S/C34H23ClN2O6/c1-19-28(35)15-14-24-27(34(41)43-18-30(38)21-6-5-7-23(16-21)42-2)17-29(36-31(19)24)20-10-12-22(13-11-20)37-32(39)25-8-3-4-9-26(25)33(37)40/h3-17H,18H2,1-2H3. The molecule has 0 radical (unpaired) electrons. The van der Waals surface area contributed by atoms with Crippen LogP contribution >= 0.6 is 11.6 Å². The van der Waals surface area contributed by atoms with Gasteiger partial charge in [-0.3, -0.25) is 14.4 Å². The van der Waals surface area contributed by atoms with Crippen LogP contribution in [0.1, 0.15) is 47.0 Å². The number of anilines is 1. The first-order valence-corrected chi connectivity index (χ1v) is 13.7. The Labute approximate surface area is 251 Å². The second kappa shape index (κ2) is 11.2. The van der Waals surface area contributed by atoms with Gasteiger partial charge in [-0.1, -0.05) is 54.1 Å². The number of aromatic nitrogens is 1. The van der Waals surface area contributed by atoms with Gasteiger partial charge in [0.1, 0.15) is 5.75 Å². The number of carbonyl (C=O) groups is 4. The van der Waals surface area contributed by atoms with E-state index >= 15 is 0 Å². The molecule has 2 heterocycles. The maximum Gasteiger partial charge on any atom is 0.339 e. The molecule has 9 heteroatoms. The molecule has 0 unspecified atom stereocenters. The highest BCUT2D eigenvalue weighted by atomic mass is 35.5. The highest BCUT2D eigenvalue weighted by Gasteiger charge is 2.36. The van der Waals surface area contributed by atoms with E-state index in [0.29, 0.717) is 60.9 Å². The summed E-state index contributed by atoms with van der Waals surface area (Å²) in [6.45, 7) is 1.33. The summed E-state index contributed by atoms with van der Waals surface area (Å²) in [5, 5.41) is 0.998. The lowest BCUT2D eigenvalue weighted by Gasteiger charge is -2.15. The molecule has 0 atom stereocenters. The molecule has 0 fully saturated rings. The Morgan fingerprint density at radius 3 is 2.23 bits per heavy atom. The van der Waals surface area contributed by atoms with Gasteiger partial charge in [0.2, 0.25) is 0 Å². The van der Waals surface area contributed by atoms with E-state index < -0.39 is 24.4 Å². The van der Waals surface area contributed by atoms with E-state index in [1.807, 2.05) is 0 Å². The fourth-order valence-electron chi connectivity index (χ4n) is 5.01. The lowest BCUT2D eigenvalue weighted by Crippen LogP contribution is -2.29. The van der Waals surface area contributed by atoms with Crippen molar-refractivity contribution in [3.05, 3.63) is 124 Å². The lowest BCUT2D eigenvalue weighted by atomic mass is 10.0. The van der Waals surface area contributed by atoms with Gasteiger partial charge in [0.05, 0.1) is 40.7 Å². The molecule has 0 spiro atoms. The third-order valence-corrected chi connectivity index (χ3v) is 7.74. The van der Waals surface area contributed by atoms with Crippen molar-refractivity contribution in [3.8, 4) is 17.0 Å². The van der Waals surface area contributed by atoms with Gasteiger partial charge < -0.3 is 9.47 Å². The van der Waals surface area contributed by atoms with Crippen molar-refractivity contribution in [2.45, 2.75) is 6.92 Å². The minimum atomic E-state index is -0.700. The number of imide groups is 1. The zero-order chi connectivity index (χ0) is 30.2. The van der Waals surface area contributed by atoms with Crippen LogP contribution in [0.15, 0.2) is 91.0 Å². The quantitative estimate of drug-likeness (QED) is 0.118. The summed E-state index contributed by atoms with van der Waals surface area (Å²) in [5.41, 5.74) is 3.93. The van der Waals surface area contributed by atoms with Crippen molar-refractivity contribution in [3.63, 3.8) is 0 Å². The molecular weight excluding hydrogens is 568 g/mol. The molecule has 4 aromatic carbocycles. The number of pyridine rings is 1.